The number of para-hydroxylation sites is 1. The summed E-state index contributed by atoms with van der Waals surface area (Å²) in [7, 11) is -3.74. The number of anilines is 1. The van der Waals surface area contributed by atoms with Crippen LogP contribution in [0.4, 0.5) is 11.4 Å². The van der Waals surface area contributed by atoms with Gasteiger partial charge < -0.3 is 14.4 Å². The maximum atomic E-state index is 13.4. The number of benzene rings is 2. The monoisotopic (exact) mass is 398 g/mol. The number of nitrogens with zero attached hydrogens (tertiary/aromatic N) is 1. The van der Waals surface area contributed by atoms with Crippen molar-refractivity contribution in [3.63, 3.8) is 0 Å². The van der Waals surface area contributed by atoms with Gasteiger partial charge >= 0.3 is 7.60 Å². The topological polar surface area (TPSA) is 90.7 Å². The molecule has 0 fully saturated rings. The summed E-state index contributed by atoms with van der Waals surface area (Å²) in [6.45, 7) is 3.64. The van der Waals surface area contributed by atoms with Crippen LogP contribution in [0, 0.1) is 10.1 Å². The lowest BCUT2D eigenvalue weighted by Crippen LogP contribution is -2.16. The van der Waals surface area contributed by atoms with Gasteiger partial charge in [0, 0.05) is 16.8 Å². The van der Waals surface area contributed by atoms with Crippen molar-refractivity contribution in [2.24, 2.45) is 0 Å². The van der Waals surface area contributed by atoms with E-state index < -0.39 is 18.3 Å². The van der Waals surface area contributed by atoms with Gasteiger partial charge in [-0.3, -0.25) is 14.7 Å². The molecule has 140 valence electrons. The molecule has 1 unspecified atom stereocenters. The summed E-state index contributed by atoms with van der Waals surface area (Å²) in [5.74, 6) is -1.05. The van der Waals surface area contributed by atoms with Crippen LogP contribution in [0.2, 0.25) is 5.02 Å². The van der Waals surface area contributed by atoms with E-state index in [1.54, 1.807) is 50.2 Å². The molecule has 7 nitrogen and oxygen atoms in total. The summed E-state index contributed by atoms with van der Waals surface area (Å²) in [6, 6.07) is 12.8. The molecular weight excluding hydrogens is 379 g/mol. The smallest absolute Gasteiger partial charge is 0.357 e. The van der Waals surface area contributed by atoms with E-state index in [0.717, 1.165) is 0 Å². The second kappa shape index (κ2) is 9.14. The Balaban J connectivity index is 2.56. The first kappa shape index (κ1) is 20.4. The maximum absolute atomic E-state index is 13.4. The van der Waals surface area contributed by atoms with Gasteiger partial charge in [0.25, 0.3) is 5.69 Å². The molecule has 0 aliphatic heterocycles. The molecule has 1 N–H and O–H groups in total. The Morgan fingerprint density at radius 1 is 1.12 bits per heavy atom. The van der Waals surface area contributed by atoms with E-state index in [1.165, 1.54) is 12.1 Å². The standard InChI is InChI=1S/C17H20ClN2O5P/c1-3-24-26(23,25-4-2)17(19-14-11-9-13(18)10-12-14)15-7-5-6-8-16(15)20(21)22/h5-12,17,19H,3-4H2,1-2H3. The molecule has 1 atom stereocenters. The predicted octanol–water partition coefficient (Wildman–Crippen LogP) is 5.63. The molecule has 0 spiro atoms. The SMILES string of the molecule is CCOP(=O)(OCC)C(Nc1ccc(Cl)cc1)c1ccccc1[N+](=O)[O-]. The molecule has 0 aliphatic rings. The average Bonchev–Trinajstić information content (AvgIpc) is 2.61. The van der Waals surface area contributed by atoms with Crippen LogP contribution in [-0.4, -0.2) is 18.1 Å². The van der Waals surface area contributed by atoms with E-state index in [1.807, 2.05) is 0 Å². The van der Waals surface area contributed by atoms with Crippen molar-refractivity contribution in [3.05, 3.63) is 69.2 Å². The van der Waals surface area contributed by atoms with Crippen molar-refractivity contribution in [3.8, 4) is 0 Å². The minimum absolute atomic E-state index is 0.136. The molecule has 2 rings (SSSR count). The zero-order valence-electron chi connectivity index (χ0n) is 14.4. The van der Waals surface area contributed by atoms with Gasteiger partial charge in [0.15, 0.2) is 5.78 Å². The lowest BCUT2D eigenvalue weighted by molar-refractivity contribution is -0.385. The van der Waals surface area contributed by atoms with Crippen LogP contribution in [0.15, 0.2) is 48.5 Å². The molecular formula is C17H20ClN2O5P. The van der Waals surface area contributed by atoms with Crippen LogP contribution in [0.5, 0.6) is 0 Å². The lowest BCUT2D eigenvalue weighted by Gasteiger charge is -2.28. The third kappa shape index (κ3) is 4.83. The van der Waals surface area contributed by atoms with E-state index in [-0.39, 0.29) is 24.5 Å². The predicted molar refractivity (Wildman–Crippen MR) is 102 cm³/mol. The fraction of sp³-hybridized carbons (Fsp3) is 0.294. The minimum atomic E-state index is -3.74. The zero-order chi connectivity index (χ0) is 19.2. The molecule has 0 heterocycles. The molecule has 2 aromatic carbocycles. The van der Waals surface area contributed by atoms with Crippen molar-refractivity contribution < 1.29 is 18.5 Å². The summed E-state index contributed by atoms with van der Waals surface area (Å²) >= 11 is 5.90. The van der Waals surface area contributed by atoms with Crippen molar-refractivity contribution in [1.29, 1.82) is 0 Å². The quantitative estimate of drug-likeness (QED) is 0.334. The van der Waals surface area contributed by atoms with Crippen molar-refractivity contribution >= 4 is 30.6 Å². The Morgan fingerprint density at radius 3 is 2.23 bits per heavy atom. The number of rotatable bonds is 9. The number of nitro groups is 1. The molecule has 0 saturated carbocycles. The highest BCUT2D eigenvalue weighted by molar-refractivity contribution is 7.54. The van der Waals surface area contributed by atoms with Gasteiger partial charge in [-0.2, -0.15) is 0 Å². The lowest BCUT2D eigenvalue weighted by atomic mass is 10.1. The summed E-state index contributed by atoms with van der Waals surface area (Å²) in [5, 5.41) is 15.0. The molecule has 2 aromatic rings. The fourth-order valence-corrected chi connectivity index (χ4v) is 4.55. The largest absolute Gasteiger partial charge is 0.368 e. The van der Waals surface area contributed by atoms with E-state index in [2.05, 4.69) is 5.32 Å². The Kier molecular flexibility index (Phi) is 7.17. The van der Waals surface area contributed by atoms with Crippen molar-refractivity contribution in [2.75, 3.05) is 18.5 Å². The molecule has 0 bridgehead atoms. The summed E-state index contributed by atoms with van der Waals surface area (Å²) in [6.07, 6.45) is 0. The van der Waals surface area contributed by atoms with Gasteiger partial charge in [-0.1, -0.05) is 23.7 Å². The fourth-order valence-electron chi connectivity index (χ4n) is 2.46. The normalized spacial score (nSPS) is 12.6. The van der Waals surface area contributed by atoms with Crippen LogP contribution in [0.25, 0.3) is 0 Å². The van der Waals surface area contributed by atoms with Gasteiger partial charge in [-0.25, -0.2) is 0 Å². The first-order valence-electron chi connectivity index (χ1n) is 8.05. The van der Waals surface area contributed by atoms with Crippen LogP contribution < -0.4 is 5.32 Å². The molecule has 0 radical (unpaired) electrons. The van der Waals surface area contributed by atoms with E-state index >= 15 is 0 Å². The summed E-state index contributed by atoms with van der Waals surface area (Å²) in [4.78, 5) is 10.9. The number of nitrogens with one attached hydrogen (secondary N) is 1. The highest BCUT2D eigenvalue weighted by Crippen LogP contribution is 2.61. The van der Waals surface area contributed by atoms with Gasteiger partial charge in [0.2, 0.25) is 0 Å². The second-order valence-electron chi connectivity index (χ2n) is 5.25. The summed E-state index contributed by atoms with van der Waals surface area (Å²) in [5.41, 5.74) is 0.633. The maximum Gasteiger partial charge on any atom is 0.357 e. The molecule has 9 heteroatoms. The van der Waals surface area contributed by atoms with Crippen LogP contribution in [-0.2, 0) is 13.6 Å². The number of hydrogen-bond acceptors (Lipinski definition) is 6. The third-order valence-electron chi connectivity index (χ3n) is 3.51. The highest BCUT2D eigenvalue weighted by atomic mass is 35.5. The van der Waals surface area contributed by atoms with Gasteiger partial charge in [-0.05, 0) is 44.2 Å². The van der Waals surface area contributed by atoms with E-state index in [4.69, 9.17) is 20.6 Å². The zero-order valence-corrected chi connectivity index (χ0v) is 16.1. The molecule has 0 saturated heterocycles. The number of nitro benzene ring substituents is 1. The average molecular weight is 399 g/mol. The minimum Gasteiger partial charge on any atom is -0.368 e. The molecule has 0 aliphatic carbocycles. The highest BCUT2D eigenvalue weighted by Gasteiger charge is 2.40. The molecule has 26 heavy (non-hydrogen) atoms. The first-order valence-corrected chi connectivity index (χ1v) is 10.0. The number of hydrogen-bond donors (Lipinski definition) is 1. The van der Waals surface area contributed by atoms with Gasteiger partial charge in [-0.15, -0.1) is 0 Å². The van der Waals surface area contributed by atoms with Crippen LogP contribution in [0.1, 0.15) is 25.2 Å². The Labute approximate surface area is 157 Å². The Morgan fingerprint density at radius 2 is 1.69 bits per heavy atom. The van der Waals surface area contributed by atoms with Gasteiger partial charge in [0.1, 0.15) is 0 Å². The first-order chi connectivity index (χ1) is 12.4. The van der Waals surface area contributed by atoms with Gasteiger partial charge in [0.05, 0.1) is 23.7 Å². The number of halogens is 1. The molecule has 0 aromatic heterocycles. The Hall–Kier alpha value is -1.92. The Bertz CT molecular complexity index is 790. The van der Waals surface area contributed by atoms with Crippen molar-refractivity contribution in [2.45, 2.75) is 19.6 Å². The van der Waals surface area contributed by atoms with E-state index in [0.29, 0.717) is 10.7 Å². The third-order valence-corrected chi connectivity index (χ3v) is 6.04. The van der Waals surface area contributed by atoms with Crippen LogP contribution >= 0.6 is 19.2 Å². The van der Waals surface area contributed by atoms with E-state index in [9.17, 15) is 14.7 Å². The second-order valence-corrected chi connectivity index (χ2v) is 7.79. The van der Waals surface area contributed by atoms with Crippen LogP contribution in [0.3, 0.4) is 0 Å². The molecule has 0 amide bonds. The summed E-state index contributed by atoms with van der Waals surface area (Å²) < 4.78 is 24.3. The van der Waals surface area contributed by atoms with Crippen molar-refractivity contribution in [1.82, 2.24) is 0 Å².